The summed E-state index contributed by atoms with van der Waals surface area (Å²) < 4.78 is 73.9. The second-order valence-electron chi connectivity index (χ2n) is 9.98. The van der Waals surface area contributed by atoms with Gasteiger partial charge >= 0.3 is 12.3 Å². The van der Waals surface area contributed by atoms with Crippen LogP contribution in [0.2, 0.25) is 0 Å². The number of hydrogen-bond donors (Lipinski definition) is 0. The Hall–Kier alpha value is -3.34. The molecule has 1 fully saturated rings. The Morgan fingerprint density at radius 1 is 1.03 bits per heavy atom. The normalized spacial score (nSPS) is 15.7. The molecule has 4 rings (SSSR count). The van der Waals surface area contributed by atoms with Crippen LogP contribution in [0.25, 0.3) is 10.9 Å². The number of aromatic nitrogens is 1. The molecular weight excluding hydrogens is 509 g/mol. The number of aldehydes is 1. The van der Waals surface area contributed by atoms with E-state index in [1.165, 1.54) is 12.1 Å². The summed E-state index contributed by atoms with van der Waals surface area (Å²) in [6.45, 7) is 6.16. The largest absolute Gasteiger partial charge is 0.444 e. The van der Waals surface area contributed by atoms with E-state index in [1.807, 2.05) is 0 Å². The molecule has 0 unspecified atom stereocenters. The van der Waals surface area contributed by atoms with E-state index < -0.39 is 38.4 Å². The van der Waals surface area contributed by atoms with Crippen molar-refractivity contribution in [3.63, 3.8) is 0 Å². The molecule has 1 saturated heterocycles. The molecule has 1 aromatic heterocycles. The van der Waals surface area contributed by atoms with E-state index in [1.54, 1.807) is 37.8 Å². The number of carbonyl (C=O) groups excluding carboxylic acids is 2. The van der Waals surface area contributed by atoms with Crippen LogP contribution < -0.4 is 0 Å². The van der Waals surface area contributed by atoms with Gasteiger partial charge in [0.05, 0.1) is 11.1 Å². The lowest BCUT2D eigenvalue weighted by Gasteiger charge is -2.34. The number of alkyl halides is 3. The fourth-order valence-electron chi connectivity index (χ4n) is 4.68. The molecule has 0 atom stereocenters. The number of hydrogen-bond acceptors (Lipinski definition) is 5. The lowest BCUT2D eigenvalue weighted by Crippen LogP contribution is -2.41. The minimum atomic E-state index is -4.88. The highest BCUT2D eigenvalue weighted by Crippen LogP contribution is 2.39. The molecular formula is C26H27F3N2O5S. The van der Waals surface area contributed by atoms with Gasteiger partial charge in [-0.3, -0.25) is 4.79 Å². The maximum Gasteiger partial charge on any atom is 0.417 e. The van der Waals surface area contributed by atoms with Gasteiger partial charge < -0.3 is 9.64 Å². The Kier molecular flexibility index (Phi) is 6.87. The number of rotatable bonds is 4. The number of piperidine rings is 1. The molecule has 37 heavy (non-hydrogen) atoms. The van der Waals surface area contributed by atoms with Crippen LogP contribution in [-0.4, -0.2) is 48.4 Å². The van der Waals surface area contributed by atoms with Crippen LogP contribution in [0.1, 0.15) is 61.0 Å². The summed E-state index contributed by atoms with van der Waals surface area (Å²) in [5.41, 5.74) is -1.02. The molecule has 0 aliphatic carbocycles. The first-order valence-corrected chi connectivity index (χ1v) is 13.2. The van der Waals surface area contributed by atoms with Crippen LogP contribution in [0.5, 0.6) is 0 Å². The summed E-state index contributed by atoms with van der Waals surface area (Å²) in [6, 6.07) is 8.82. The molecule has 1 aliphatic rings. The van der Waals surface area contributed by atoms with Crippen molar-refractivity contribution in [3.05, 3.63) is 65.4 Å². The van der Waals surface area contributed by atoms with Gasteiger partial charge in [0, 0.05) is 30.2 Å². The van der Waals surface area contributed by atoms with E-state index in [2.05, 4.69) is 0 Å². The smallest absolute Gasteiger partial charge is 0.417 e. The summed E-state index contributed by atoms with van der Waals surface area (Å²) in [5.74, 6) is -0.0953. The number of nitrogens with zero attached hydrogens (tertiary/aromatic N) is 2. The van der Waals surface area contributed by atoms with Crippen molar-refractivity contribution in [1.29, 1.82) is 0 Å². The first kappa shape index (κ1) is 26.7. The summed E-state index contributed by atoms with van der Waals surface area (Å²) in [4.78, 5) is 25.1. The third-order valence-corrected chi connectivity index (χ3v) is 8.03. The highest BCUT2D eigenvalue weighted by molar-refractivity contribution is 7.90. The fourth-order valence-corrected chi connectivity index (χ4v) is 6.26. The Morgan fingerprint density at radius 2 is 1.68 bits per heavy atom. The molecule has 3 aromatic rings. The van der Waals surface area contributed by atoms with Crippen molar-refractivity contribution in [2.24, 2.45) is 0 Å². The van der Waals surface area contributed by atoms with Crippen LogP contribution in [0.15, 0.2) is 53.6 Å². The highest BCUT2D eigenvalue weighted by atomic mass is 32.2. The van der Waals surface area contributed by atoms with Crippen LogP contribution >= 0.6 is 0 Å². The van der Waals surface area contributed by atoms with Crippen LogP contribution in [-0.2, 0) is 20.9 Å². The second kappa shape index (κ2) is 9.51. The lowest BCUT2D eigenvalue weighted by atomic mass is 9.87. The van der Waals surface area contributed by atoms with Crippen LogP contribution in [0.4, 0.5) is 18.0 Å². The zero-order valence-corrected chi connectivity index (χ0v) is 21.4. The Bertz CT molecular complexity index is 1450. The van der Waals surface area contributed by atoms with Crippen molar-refractivity contribution in [2.45, 2.75) is 56.2 Å². The van der Waals surface area contributed by atoms with Crippen molar-refractivity contribution in [3.8, 4) is 0 Å². The van der Waals surface area contributed by atoms with Crippen LogP contribution in [0.3, 0.4) is 0 Å². The van der Waals surface area contributed by atoms with Gasteiger partial charge in [-0.2, -0.15) is 13.2 Å². The number of benzene rings is 2. The zero-order valence-electron chi connectivity index (χ0n) is 20.6. The summed E-state index contributed by atoms with van der Waals surface area (Å²) >= 11 is 0. The minimum absolute atomic E-state index is 0.0632. The van der Waals surface area contributed by atoms with Gasteiger partial charge in [-0.25, -0.2) is 17.2 Å². The first-order valence-electron chi connectivity index (χ1n) is 11.7. The number of halogens is 3. The van der Waals surface area contributed by atoms with Gasteiger partial charge in [0.25, 0.3) is 10.0 Å². The second-order valence-corrected chi connectivity index (χ2v) is 11.8. The van der Waals surface area contributed by atoms with Crippen LogP contribution in [0, 0.1) is 0 Å². The number of carbonyl (C=O) groups is 2. The molecule has 1 amide bonds. The third-order valence-electron chi connectivity index (χ3n) is 6.30. The van der Waals surface area contributed by atoms with Crippen molar-refractivity contribution < 1.29 is 35.9 Å². The third kappa shape index (κ3) is 5.22. The van der Waals surface area contributed by atoms with Gasteiger partial charge in [0.15, 0.2) is 6.29 Å². The molecule has 198 valence electrons. The Labute approximate surface area is 212 Å². The number of fused-ring (bicyclic) bond motifs is 1. The average Bonchev–Trinajstić information content (AvgIpc) is 3.22. The zero-order chi connectivity index (χ0) is 27.2. The van der Waals surface area contributed by atoms with E-state index in [-0.39, 0.29) is 17.0 Å². The van der Waals surface area contributed by atoms with Gasteiger partial charge in [0.2, 0.25) is 0 Å². The topological polar surface area (TPSA) is 85.7 Å². The first-order chi connectivity index (χ1) is 17.2. The maximum absolute atomic E-state index is 13.6. The number of likely N-dealkylation sites (tertiary alicyclic amines) is 1. The van der Waals surface area contributed by atoms with E-state index in [4.69, 9.17) is 4.74 Å². The predicted octanol–water partition coefficient (Wildman–Crippen LogP) is 5.82. The fraction of sp³-hybridized carbons (Fsp3) is 0.385. The SMILES string of the molecule is CC(C)(C)OC(=O)N1CCC(c2cccc3c2c(C=O)cn3S(=O)(=O)c2ccccc2C(F)(F)F)CC1. The molecule has 11 heteroatoms. The molecule has 0 N–H and O–H groups in total. The minimum Gasteiger partial charge on any atom is -0.444 e. The molecule has 2 heterocycles. The van der Waals surface area contributed by atoms with E-state index in [0.29, 0.717) is 49.2 Å². The monoisotopic (exact) mass is 536 g/mol. The van der Waals surface area contributed by atoms with Crippen molar-refractivity contribution in [1.82, 2.24) is 8.87 Å². The Balaban J connectivity index is 1.73. The molecule has 0 spiro atoms. The Morgan fingerprint density at radius 3 is 2.27 bits per heavy atom. The van der Waals surface area contributed by atoms with Crippen molar-refractivity contribution in [2.75, 3.05) is 13.1 Å². The summed E-state index contributed by atoms with van der Waals surface area (Å²) in [7, 11) is -4.69. The number of amides is 1. The average molecular weight is 537 g/mol. The summed E-state index contributed by atoms with van der Waals surface area (Å²) in [6.07, 6.45) is -2.63. The van der Waals surface area contributed by atoms with Gasteiger partial charge in [0.1, 0.15) is 10.5 Å². The molecule has 1 aliphatic heterocycles. The highest BCUT2D eigenvalue weighted by Gasteiger charge is 2.38. The predicted molar refractivity (Wildman–Crippen MR) is 131 cm³/mol. The van der Waals surface area contributed by atoms with Gasteiger partial charge in [-0.15, -0.1) is 0 Å². The number of ether oxygens (including phenoxy) is 1. The van der Waals surface area contributed by atoms with E-state index >= 15 is 0 Å². The van der Waals surface area contributed by atoms with Gasteiger partial charge in [-0.1, -0.05) is 24.3 Å². The quantitative estimate of drug-likeness (QED) is 0.392. The molecule has 0 bridgehead atoms. The lowest BCUT2D eigenvalue weighted by molar-refractivity contribution is -0.139. The van der Waals surface area contributed by atoms with Crippen molar-refractivity contribution >= 4 is 33.3 Å². The molecule has 0 saturated carbocycles. The van der Waals surface area contributed by atoms with E-state index in [9.17, 15) is 31.2 Å². The standard InChI is InChI=1S/C26H27F3N2O5S/c1-25(2,3)36-24(33)30-13-11-17(12-14-30)19-7-6-9-21-23(19)18(16-32)15-31(21)37(34,35)22-10-5-4-8-20(22)26(27,28)29/h4-10,15-17H,11-14H2,1-3H3. The molecule has 7 nitrogen and oxygen atoms in total. The van der Waals surface area contributed by atoms with E-state index in [0.717, 1.165) is 22.3 Å². The van der Waals surface area contributed by atoms with Gasteiger partial charge in [-0.05, 0) is 63.3 Å². The molecule has 2 aromatic carbocycles. The molecule has 0 radical (unpaired) electrons. The maximum atomic E-state index is 13.6. The summed E-state index contributed by atoms with van der Waals surface area (Å²) in [5, 5.41) is 0.376.